The summed E-state index contributed by atoms with van der Waals surface area (Å²) >= 11 is 1.58. The van der Waals surface area contributed by atoms with E-state index in [2.05, 4.69) is 15.1 Å². The Morgan fingerprint density at radius 3 is 2.96 bits per heavy atom. The maximum absolute atomic E-state index is 12.4. The fraction of sp³-hybridized carbons (Fsp3) is 0.267. The summed E-state index contributed by atoms with van der Waals surface area (Å²) in [5.41, 5.74) is 0.940. The normalized spacial score (nSPS) is 12.0. The molecule has 0 fully saturated rings. The SMILES string of the molecule is CC(c1nc2ccccc2s1)N(C)C(=O)Cn1cnc(C#N)n1. The lowest BCUT2D eigenvalue weighted by atomic mass is 10.3. The van der Waals surface area contributed by atoms with Crippen LogP contribution in [0.3, 0.4) is 0 Å². The van der Waals surface area contributed by atoms with Crippen molar-refractivity contribution in [2.75, 3.05) is 7.05 Å². The topological polar surface area (TPSA) is 87.7 Å². The molecule has 0 spiro atoms. The Kier molecular flexibility index (Phi) is 4.04. The Hall–Kier alpha value is -2.79. The van der Waals surface area contributed by atoms with E-state index >= 15 is 0 Å². The van der Waals surface area contributed by atoms with E-state index in [0.29, 0.717) is 0 Å². The maximum Gasteiger partial charge on any atom is 0.252 e. The van der Waals surface area contributed by atoms with E-state index in [1.165, 1.54) is 11.0 Å². The van der Waals surface area contributed by atoms with Gasteiger partial charge < -0.3 is 4.90 Å². The third-order valence-corrected chi connectivity index (χ3v) is 4.78. The number of hydrogen-bond acceptors (Lipinski definition) is 6. The Bertz CT molecular complexity index is 860. The van der Waals surface area contributed by atoms with Crippen LogP contribution in [-0.4, -0.2) is 37.6 Å². The van der Waals surface area contributed by atoms with E-state index in [9.17, 15) is 4.79 Å². The third kappa shape index (κ3) is 3.05. The molecule has 0 aliphatic heterocycles. The molecule has 0 saturated heterocycles. The van der Waals surface area contributed by atoms with Crippen LogP contribution in [0.1, 0.15) is 23.8 Å². The van der Waals surface area contributed by atoms with Crippen molar-refractivity contribution in [2.24, 2.45) is 0 Å². The highest BCUT2D eigenvalue weighted by molar-refractivity contribution is 7.18. The van der Waals surface area contributed by atoms with Gasteiger partial charge in [0.05, 0.1) is 16.3 Å². The molecule has 3 rings (SSSR count). The number of rotatable bonds is 4. The molecule has 0 saturated carbocycles. The molecule has 0 N–H and O–H groups in total. The molecule has 0 bridgehead atoms. The molecule has 116 valence electrons. The van der Waals surface area contributed by atoms with Gasteiger partial charge in [-0.2, -0.15) is 5.26 Å². The number of aromatic nitrogens is 4. The summed E-state index contributed by atoms with van der Waals surface area (Å²) in [6.45, 7) is 1.98. The lowest BCUT2D eigenvalue weighted by Crippen LogP contribution is -2.32. The standard InChI is InChI=1S/C15H14N6OS/c1-10(15-18-11-5-3-4-6-12(11)23-15)20(2)14(22)8-21-9-17-13(7-16)19-21/h3-6,9-10H,8H2,1-2H3. The zero-order valence-corrected chi connectivity index (χ0v) is 13.5. The van der Waals surface area contributed by atoms with Crippen molar-refractivity contribution in [3.8, 4) is 6.07 Å². The van der Waals surface area contributed by atoms with Gasteiger partial charge in [-0.05, 0) is 19.1 Å². The van der Waals surface area contributed by atoms with Crippen molar-refractivity contribution >= 4 is 27.5 Å². The van der Waals surface area contributed by atoms with E-state index < -0.39 is 0 Å². The molecule has 2 aromatic heterocycles. The number of nitriles is 1. The molecule has 1 unspecified atom stereocenters. The van der Waals surface area contributed by atoms with Crippen molar-refractivity contribution in [1.29, 1.82) is 5.26 Å². The van der Waals surface area contributed by atoms with Gasteiger partial charge in [0.2, 0.25) is 5.91 Å². The maximum atomic E-state index is 12.4. The van der Waals surface area contributed by atoms with Crippen LogP contribution < -0.4 is 0 Å². The highest BCUT2D eigenvalue weighted by Crippen LogP contribution is 2.28. The summed E-state index contributed by atoms with van der Waals surface area (Å²) in [4.78, 5) is 22.4. The van der Waals surface area contributed by atoms with E-state index in [-0.39, 0.29) is 24.3 Å². The van der Waals surface area contributed by atoms with Crippen LogP contribution >= 0.6 is 11.3 Å². The van der Waals surface area contributed by atoms with Crippen LogP contribution in [0, 0.1) is 11.3 Å². The second-order valence-electron chi connectivity index (χ2n) is 5.08. The number of hydrogen-bond donors (Lipinski definition) is 0. The minimum Gasteiger partial charge on any atom is -0.335 e. The number of para-hydroxylation sites is 1. The first-order valence-corrected chi connectivity index (χ1v) is 7.81. The van der Waals surface area contributed by atoms with Crippen molar-refractivity contribution in [1.82, 2.24) is 24.6 Å². The smallest absolute Gasteiger partial charge is 0.252 e. The molecule has 1 atom stereocenters. The van der Waals surface area contributed by atoms with Gasteiger partial charge in [-0.3, -0.25) is 4.79 Å². The summed E-state index contributed by atoms with van der Waals surface area (Å²) in [6, 6.07) is 9.60. The molecule has 7 nitrogen and oxygen atoms in total. The van der Waals surface area contributed by atoms with Gasteiger partial charge in [0, 0.05) is 7.05 Å². The molecule has 0 radical (unpaired) electrons. The molecule has 2 heterocycles. The molecule has 8 heteroatoms. The fourth-order valence-electron chi connectivity index (χ4n) is 2.12. The van der Waals surface area contributed by atoms with Gasteiger partial charge in [-0.1, -0.05) is 12.1 Å². The first kappa shape index (κ1) is 15.1. The first-order chi connectivity index (χ1) is 11.1. The van der Waals surface area contributed by atoms with Crippen molar-refractivity contribution < 1.29 is 4.79 Å². The van der Waals surface area contributed by atoms with Gasteiger partial charge >= 0.3 is 0 Å². The minimum atomic E-state index is -0.140. The van der Waals surface area contributed by atoms with E-state index in [0.717, 1.165) is 15.2 Å². The average molecular weight is 326 g/mol. The van der Waals surface area contributed by atoms with Crippen molar-refractivity contribution in [3.05, 3.63) is 41.4 Å². The molecule has 0 aliphatic rings. The Balaban J connectivity index is 1.74. The second-order valence-corrected chi connectivity index (χ2v) is 6.14. The minimum absolute atomic E-state index is 0.0421. The zero-order valence-electron chi connectivity index (χ0n) is 12.7. The molecule has 1 aromatic carbocycles. The first-order valence-electron chi connectivity index (χ1n) is 6.99. The lowest BCUT2D eigenvalue weighted by Gasteiger charge is -2.23. The molecular weight excluding hydrogens is 312 g/mol. The van der Waals surface area contributed by atoms with Crippen molar-refractivity contribution in [3.63, 3.8) is 0 Å². The number of thiazole rings is 1. The van der Waals surface area contributed by atoms with E-state index in [1.807, 2.05) is 37.3 Å². The van der Waals surface area contributed by atoms with Crippen LogP contribution in [0.5, 0.6) is 0 Å². The molecule has 0 aliphatic carbocycles. The monoisotopic (exact) mass is 326 g/mol. The van der Waals surface area contributed by atoms with Crippen LogP contribution in [-0.2, 0) is 11.3 Å². The third-order valence-electron chi connectivity index (χ3n) is 3.58. The predicted octanol–water partition coefficient (Wildman–Crippen LogP) is 1.98. The average Bonchev–Trinajstić information content (AvgIpc) is 3.19. The van der Waals surface area contributed by atoms with Gasteiger partial charge in [0.25, 0.3) is 5.82 Å². The predicted molar refractivity (Wildman–Crippen MR) is 85.5 cm³/mol. The molecule has 23 heavy (non-hydrogen) atoms. The Labute approximate surface area is 136 Å². The number of likely N-dealkylation sites (N-methyl/N-ethyl adjacent to an activating group) is 1. The largest absolute Gasteiger partial charge is 0.335 e. The van der Waals surface area contributed by atoms with Gasteiger partial charge in [0.1, 0.15) is 23.9 Å². The second kappa shape index (κ2) is 6.14. The summed E-state index contributed by atoms with van der Waals surface area (Å²) in [6.07, 6.45) is 1.38. The van der Waals surface area contributed by atoms with Crippen molar-refractivity contribution in [2.45, 2.75) is 19.5 Å². The van der Waals surface area contributed by atoms with Crippen LogP contribution in [0.4, 0.5) is 0 Å². The summed E-state index contributed by atoms with van der Waals surface area (Å²) in [5.74, 6) is -0.0641. The van der Waals surface area contributed by atoms with E-state index in [4.69, 9.17) is 5.26 Å². The molecule has 1 amide bonds. The lowest BCUT2D eigenvalue weighted by molar-refractivity contribution is -0.132. The number of amides is 1. The summed E-state index contributed by atoms with van der Waals surface area (Å²) in [5, 5.41) is 13.5. The molecule has 3 aromatic rings. The zero-order chi connectivity index (χ0) is 16.4. The number of fused-ring (bicyclic) bond motifs is 1. The highest BCUT2D eigenvalue weighted by atomic mass is 32.1. The number of carbonyl (C=O) groups is 1. The Morgan fingerprint density at radius 1 is 1.48 bits per heavy atom. The summed E-state index contributed by atoms with van der Waals surface area (Å²) in [7, 11) is 1.74. The van der Waals surface area contributed by atoms with E-state index in [1.54, 1.807) is 23.3 Å². The van der Waals surface area contributed by atoms with Crippen LogP contribution in [0.15, 0.2) is 30.6 Å². The molecular formula is C15H14N6OS. The van der Waals surface area contributed by atoms with Crippen LogP contribution in [0.25, 0.3) is 10.2 Å². The Morgan fingerprint density at radius 2 is 2.26 bits per heavy atom. The number of nitrogens with zero attached hydrogens (tertiary/aromatic N) is 6. The van der Waals surface area contributed by atoms with Gasteiger partial charge in [-0.15, -0.1) is 16.4 Å². The summed E-state index contributed by atoms with van der Waals surface area (Å²) < 4.78 is 2.47. The van der Waals surface area contributed by atoms with Gasteiger partial charge in [0.15, 0.2) is 0 Å². The quantitative estimate of drug-likeness (QED) is 0.731. The number of benzene rings is 1. The number of carbonyl (C=O) groups excluding carboxylic acids is 1. The van der Waals surface area contributed by atoms with Crippen LogP contribution in [0.2, 0.25) is 0 Å². The fourth-order valence-corrected chi connectivity index (χ4v) is 3.19. The van der Waals surface area contributed by atoms with Gasteiger partial charge in [-0.25, -0.2) is 14.6 Å². The highest BCUT2D eigenvalue weighted by Gasteiger charge is 2.21.